The molecule has 1 unspecified atom stereocenters. The highest BCUT2D eigenvalue weighted by molar-refractivity contribution is 6.32. The molecule has 2 heterocycles. The van der Waals surface area contributed by atoms with Gasteiger partial charge in [0.1, 0.15) is 0 Å². The molecule has 0 radical (unpaired) electrons. The van der Waals surface area contributed by atoms with E-state index < -0.39 is 0 Å². The maximum Gasteiger partial charge on any atom is 0.258 e. The zero-order valence-electron chi connectivity index (χ0n) is 9.61. The van der Waals surface area contributed by atoms with Crippen LogP contribution in [0.5, 0.6) is 0 Å². The second-order valence-electron chi connectivity index (χ2n) is 3.99. The predicted octanol–water partition coefficient (Wildman–Crippen LogP) is 0.993. The predicted molar refractivity (Wildman–Crippen MR) is 63.3 cm³/mol. The van der Waals surface area contributed by atoms with E-state index in [0.29, 0.717) is 18.7 Å². The number of hydrogen-bond donors (Lipinski definition) is 1. The van der Waals surface area contributed by atoms with Crippen LogP contribution in [-0.2, 0) is 4.74 Å². The molecule has 1 fully saturated rings. The first kappa shape index (κ1) is 12.4. The van der Waals surface area contributed by atoms with E-state index in [9.17, 15) is 4.79 Å². The van der Waals surface area contributed by atoms with Crippen LogP contribution in [-0.4, -0.2) is 50.2 Å². The third-order valence-corrected chi connectivity index (χ3v) is 2.97. The Hall–Kier alpha value is -1.04. The minimum absolute atomic E-state index is 0.0309. The summed E-state index contributed by atoms with van der Waals surface area (Å²) in [6.45, 7) is 2.84. The molecule has 1 aliphatic heterocycles. The number of furan rings is 1. The Bertz CT molecular complexity index is 388. The molecule has 1 amide bonds. The molecule has 17 heavy (non-hydrogen) atoms. The molecular weight excluding hydrogens is 244 g/mol. The molecule has 94 valence electrons. The highest BCUT2D eigenvalue weighted by Crippen LogP contribution is 2.18. The van der Waals surface area contributed by atoms with Gasteiger partial charge in [0, 0.05) is 26.7 Å². The van der Waals surface area contributed by atoms with Crippen molar-refractivity contribution in [3.05, 3.63) is 23.1 Å². The molecule has 0 saturated carbocycles. The third kappa shape index (κ3) is 3.00. The van der Waals surface area contributed by atoms with Crippen molar-refractivity contribution in [2.24, 2.45) is 0 Å². The summed E-state index contributed by atoms with van der Waals surface area (Å²) in [5.41, 5.74) is 0.387. The number of likely N-dealkylation sites (N-methyl/N-ethyl adjacent to an activating group) is 1. The zero-order valence-corrected chi connectivity index (χ0v) is 10.4. The third-order valence-electron chi connectivity index (χ3n) is 2.68. The number of nitrogens with one attached hydrogen (secondary N) is 1. The van der Waals surface area contributed by atoms with E-state index in [1.807, 2.05) is 0 Å². The largest absolute Gasteiger partial charge is 0.452 e. The van der Waals surface area contributed by atoms with Gasteiger partial charge in [-0.2, -0.15) is 0 Å². The van der Waals surface area contributed by atoms with Gasteiger partial charge in [0.25, 0.3) is 5.91 Å². The number of rotatable bonds is 3. The van der Waals surface area contributed by atoms with Crippen molar-refractivity contribution in [3.8, 4) is 0 Å². The van der Waals surface area contributed by atoms with Crippen molar-refractivity contribution < 1.29 is 13.9 Å². The number of carbonyl (C=O) groups excluding carboxylic acids is 1. The van der Waals surface area contributed by atoms with Crippen molar-refractivity contribution in [1.29, 1.82) is 0 Å². The second-order valence-corrected chi connectivity index (χ2v) is 4.33. The van der Waals surface area contributed by atoms with E-state index in [2.05, 4.69) is 5.32 Å². The Morgan fingerprint density at radius 2 is 2.53 bits per heavy atom. The fraction of sp³-hybridized carbons (Fsp3) is 0.545. The summed E-state index contributed by atoms with van der Waals surface area (Å²) in [6.07, 6.45) is 1.44. The lowest BCUT2D eigenvalue weighted by atomic mass is 10.2. The van der Waals surface area contributed by atoms with Crippen molar-refractivity contribution >= 4 is 17.5 Å². The molecule has 6 heteroatoms. The van der Waals surface area contributed by atoms with Crippen molar-refractivity contribution in [3.63, 3.8) is 0 Å². The van der Waals surface area contributed by atoms with E-state index in [0.717, 1.165) is 13.1 Å². The van der Waals surface area contributed by atoms with Crippen LogP contribution < -0.4 is 5.32 Å². The maximum absolute atomic E-state index is 12.0. The number of morpholine rings is 1. The molecule has 0 aromatic carbocycles. The average Bonchev–Trinajstić information content (AvgIpc) is 2.76. The normalized spacial score (nSPS) is 20.2. The highest BCUT2D eigenvalue weighted by atomic mass is 35.5. The van der Waals surface area contributed by atoms with Crippen molar-refractivity contribution in [1.82, 2.24) is 10.2 Å². The Morgan fingerprint density at radius 3 is 3.12 bits per heavy atom. The van der Waals surface area contributed by atoms with Crippen molar-refractivity contribution in [2.45, 2.75) is 6.10 Å². The van der Waals surface area contributed by atoms with E-state index in [1.165, 1.54) is 6.26 Å². The van der Waals surface area contributed by atoms with Crippen LogP contribution >= 0.6 is 11.6 Å². The second kappa shape index (κ2) is 5.53. The minimum Gasteiger partial charge on any atom is -0.452 e. The first-order valence-corrected chi connectivity index (χ1v) is 5.87. The molecule has 1 saturated heterocycles. The molecule has 0 bridgehead atoms. The quantitative estimate of drug-likeness (QED) is 0.879. The van der Waals surface area contributed by atoms with Crippen LogP contribution in [0.25, 0.3) is 0 Å². The molecule has 1 N–H and O–H groups in total. The number of carbonyl (C=O) groups is 1. The smallest absolute Gasteiger partial charge is 0.258 e. The first-order chi connectivity index (χ1) is 8.18. The molecule has 0 spiro atoms. The molecule has 1 aromatic rings. The lowest BCUT2D eigenvalue weighted by molar-refractivity contribution is 0.0104. The standard InChI is InChI=1S/C11H15ClN2O3/c1-14(7-8-6-13-3-5-16-8)11(15)9-2-4-17-10(9)12/h2,4,8,13H,3,5-7H2,1H3. The maximum atomic E-state index is 12.0. The van der Waals surface area contributed by atoms with Crippen LogP contribution in [0.15, 0.2) is 16.7 Å². The summed E-state index contributed by atoms with van der Waals surface area (Å²) in [5.74, 6) is -0.155. The Balaban J connectivity index is 1.93. The highest BCUT2D eigenvalue weighted by Gasteiger charge is 2.21. The molecule has 2 rings (SSSR count). The SMILES string of the molecule is CN(CC1CNCCO1)C(=O)c1ccoc1Cl. The number of halogens is 1. The van der Waals surface area contributed by atoms with E-state index in [4.69, 9.17) is 20.8 Å². The lowest BCUT2D eigenvalue weighted by Gasteiger charge is -2.27. The van der Waals surface area contributed by atoms with Gasteiger partial charge in [0.15, 0.2) is 0 Å². The Morgan fingerprint density at radius 1 is 1.71 bits per heavy atom. The fourth-order valence-corrected chi connectivity index (χ4v) is 1.97. The van der Waals surface area contributed by atoms with E-state index >= 15 is 0 Å². The van der Waals surface area contributed by atoms with Gasteiger partial charge in [-0.1, -0.05) is 0 Å². The molecule has 0 aliphatic carbocycles. The monoisotopic (exact) mass is 258 g/mol. The zero-order chi connectivity index (χ0) is 12.3. The average molecular weight is 259 g/mol. The number of hydrogen-bond acceptors (Lipinski definition) is 4. The van der Waals surface area contributed by atoms with Gasteiger partial charge in [-0.3, -0.25) is 4.79 Å². The topological polar surface area (TPSA) is 54.7 Å². The van der Waals surface area contributed by atoms with Crippen molar-refractivity contribution in [2.75, 3.05) is 33.3 Å². The summed E-state index contributed by atoms with van der Waals surface area (Å²) in [7, 11) is 1.73. The van der Waals surface area contributed by atoms with Gasteiger partial charge in [0.05, 0.1) is 24.5 Å². The van der Waals surface area contributed by atoms with Gasteiger partial charge in [0.2, 0.25) is 5.22 Å². The Kier molecular flexibility index (Phi) is 4.04. The van der Waals surface area contributed by atoms with Crippen LogP contribution in [0.1, 0.15) is 10.4 Å². The fourth-order valence-electron chi connectivity index (χ4n) is 1.78. The van der Waals surface area contributed by atoms with Crippen LogP contribution in [0.2, 0.25) is 5.22 Å². The van der Waals surface area contributed by atoms with Gasteiger partial charge >= 0.3 is 0 Å². The molecular formula is C11H15ClN2O3. The number of ether oxygens (including phenoxy) is 1. The molecule has 5 nitrogen and oxygen atoms in total. The summed E-state index contributed by atoms with van der Waals surface area (Å²) < 4.78 is 10.4. The summed E-state index contributed by atoms with van der Waals surface area (Å²) in [4.78, 5) is 13.6. The number of nitrogens with zero attached hydrogens (tertiary/aromatic N) is 1. The lowest BCUT2D eigenvalue weighted by Crippen LogP contribution is -2.45. The van der Waals surface area contributed by atoms with E-state index in [-0.39, 0.29) is 17.2 Å². The van der Waals surface area contributed by atoms with Gasteiger partial charge in [-0.05, 0) is 17.7 Å². The molecule has 1 aromatic heterocycles. The summed E-state index contributed by atoms with van der Waals surface area (Å²) in [6, 6.07) is 1.57. The first-order valence-electron chi connectivity index (χ1n) is 5.49. The Labute approximate surface area is 105 Å². The van der Waals surface area contributed by atoms with E-state index in [1.54, 1.807) is 18.0 Å². The number of amides is 1. The summed E-state index contributed by atoms with van der Waals surface area (Å²) in [5, 5.41) is 3.35. The van der Waals surface area contributed by atoms with Gasteiger partial charge in [-0.15, -0.1) is 0 Å². The van der Waals surface area contributed by atoms with Gasteiger partial charge in [-0.25, -0.2) is 0 Å². The molecule has 1 aliphatic rings. The van der Waals surface area contributed by atoms with Crippen LogP contribution in [0, 0.1) is 0 Å². The summed E-state index contributed by atoms with van der Waals surface area (Å²) >= 11 is 5.76. The van der Waals surface area contributed by atoms with Gasteiger partial charge < -0.3 is 19.4 Å². The molecule has 1 atom stereocenters. The van der Waals surface area contributed by atoms with Crippen LogP contribution in [0.3, 0.4) is 0 Å². The minimum atomic E-state index is -0.155. The van der Waals surface area contributed by atoms with Crippen LogP contribution in [0.4, 0.5) is 0 Å².